The molecule has 70 valence electrons. The Hall–Kier alpha value is -0.860. The van der Waals surface area contributed by atoms with Gasteiger partial charge in [-0.3, -0.25) is 0 Å². The van der Waals surface area contributed by atoms with Crippen LogP contribution in [0.1, 0.15) is 24.5 Å². The highest BCUT2D eigenvalue weighted by molar-refractivity contribution is 5.18. The van der Waals surface area contributed by atoms with Crippen molar-refractivity contribution in [3.8, 4) is 0 Å². The molecule has 1 aromatic rings. The van der Waals surface area contributed by atoms with E-state index in [9.17, 15) is 5.11 Å². The molecule has 0 bridgehead atoms. The predicted octanol–water partition coefficient (Wildman–Crippen LogP) is 1.90. The van der Waals surface area contributed by atoms with Gasteiger partial charge in [0.05, 0.1) is 6.10 Å². The van der Waals surface area contributed by atoms with Crippen molar-refractivity contribution in [2.75, 3.05) is 6.61 Å². The highest BCUT2D eigenvalue weighted by Gasteiger charge is 2.24. The van der Waals surface area contributed by atoms with Crippen LogP contribution >= 0.6 is 0 Å². The molecule has 2 heteroatoms. The van der Waals surface area contributed by atoms with E-state index in [1.165, 1.54) is 0 Å². The van der Waals surface area contributed by atoms with Gasteiger partial charge in [0.2, 0.25) is 0 Å². The highest BCUT2D eigenvalue weighted by atomic mass is 16.5. The topological polar surface area (TPSA) is 29.5 Å². The molecule has 0 aromatic heterocycles. The lowest BCUT2D eigenvalue weighted by Crippen LogP contribution is -2.16. The van der Waals surface area contributed by atoms with E-state index in [2.05, 4.69) is 0 Å². The predicted molar refractivity (Wildman–Crippen MR) is 50.4 cm³/mol. The highest BCUT2D eigenvalue weighted by Crippen LogP contribution is 2.26. The van der Waals surface area contributed by atoms with Crippen LogP contribution in [-0.4, -0.2) is 17.8 Å². The van der Waals surface area contributed by atoms with Gasteiger partial charge < -0.3 is 9.84 Å². The fourth-order valence-electron chi connectivity index (χ4n) is 1.72. The SMILES string of the molecule is O[C@H](c1ccccc1)[C@H]1CCCO1. The molecule has 1 N–H and O–H groups in total. The third-order valence-electron chi connectivity index (χ3n) is 2.46. The van der Waals surface area contributed by atoms with E-state index in [1.807, 2.05) is 30.3 Å². The summed E-state index contributed by atoms with van der Waals surface area (Å²) in [7, 11) is 0. The van der Waals surface area contributed by atoms with E-state index >= 15 is 0 Å². The second kappa shape index (κ2) is 3.90. The largest absolute Gasteiger partial charge is 0.386 e. The second-order valence-corrected chi connectivity index (χ2v) is 3.41. The van der Waals surface area contributed by atoms with Crippen LogP contribution < -0.4 is 0 Å². The molecule has 1 fully saturated rings. The van der Waals surface area contributed by atoms with Crippen molar-refractivity contribution in [3.05, 3.63) is 35.9 Å². The van der Waals surface area contributed by atoms with Crippen molar-refractivity contribution >= 4 is 0 Å². The van der Waals surface area contributed by atoms with E-state index in [0.29, 0.717) is 0 Å². The standard InChI is InChI=1S/C11H14O2/c12-11(10-7-4-8-13-10)9-5-2-1-3-6-9/h1-3,5-6,10-12H,4,7-8H2/t10-,11-/m1/s1. The molecule has 2 atom stereocenters. The molecule has 0 unspecified atom stereocenters. The third kappa shape index (κ3) is 1.90. The number of rotatable bonds is 2. The van der Waals surface area contributed by atoms with Gasteiger partial charge in [0, 0.05) is 6.61 Å². The van der Waals surface area contributed by atoms with Crippen molar-refractivity contribution in [2.45, 2.75) is 25.0 Å². The van der Waals surface area contributed by atoms with E-state index in [-0.39, 0.29) is 6.10 Å². The van der Waals surface area contributed by atoms with Gasteiger partial charge in [-0.15, -0.1) is 0 Å². The van der Waals surface area contributed by atoms with Crippen molar-refractivity contribution in [2.24, 2.45) is 0 Å². The molecule has 0 aliphatic carbocycles. The van der Waals surface area contributed by atoms with Crippen LogP contribution in [0.2, 0.25) is 0 Å². The van der Waals surface area contributed by atoms with Crippen LogP contribution in [0.4, 0.5) is 0 Å². The first-order chi connectivity index (χ1) is 6.38. The van der Waals surface area contributed by atoms with Gasteiger partial charge in [-0.1, -0.05) is 30.3 Å². The normalized spacial score (nSPS) is 24.5. The molecular weight excluding hydrogens is 164 g/mol. The minimum Gasteiger partial charge on any atom is -0.386 e. The first-order valence-electron chi connectivity index (χ1n) is 4.72. The smallest absolute Gasteiger partial charge is 0.105 e. The maximum absolute atomic E-state index is 9.90. The molecule has 1 saturated heterocycles. The lowest BCUT2D eigenvalue weighted by molar-refractivity contribution is -0.00258. The average molecular weight is 178 g/mol. The van der Waals surface area contributed by atoms with Crippen LogP contribution in [0.3, 0.4) is 0 Å². The van der Waals surface area contributed by atoms with Gasteiger partial charge in [-0.05, 0) is 18.4 Å². The minimum absolute atomic E-state index is 0.00222. The molecule has 0 spiro atoms. The number of hydrogen-bond donors (Lipinski definition) is 1. The molecule has 13 heavy (non-hydrogen) atoms. The van der Waals surface area contributed by atoms with Crippen molar-refractivity contribution in [1.82, 2.24) is 0 Å². The quantitative estimate of drug-likeness (QED) is 0.749. The third-order valence-corrected chi connectivity index (χ3v) is 2.46. The summed E-state index contributed by atoms with van der Waals surface area (Å²) in [5.74, 6) is 0. The fraction of sp³-hybridized carbons (Fsp3) is 0.455. The Labute approximate surface area is 78.2 Å². The molecule has 1 aliphatic heterocycles. The second-order valence-electron chi connectivity index (χ2n) is 3.41. The van der Waals surface area contributed by atoms with E-state index in [4.69, 9.17) is 4.74 Å². The van der Waals surface area contributed by atoms with E-state index < -0.39 is 6.10 Å². The maximum atomic E-state index is 9.90. The zero-order valence-electron chi connectivity index (χ0n) is 7.52. The molecule has 0 radical (unpaired) electrons. The monoisotopic (exact) mass is 178 g/mol. The van der Waals surface area contributed by atoms with Gasteiger partial charge in [-0.25, -0.2) is 0 Å². The lowest BCUT2D eigenvalue weighted by atomic mass is 10.0. The summed E-state index contributed by atoms with van der Waals surface area (Å²) in [6.45, 7) is 0.786. The summed E-state index contributed by atoms with van der Waals surface area (Å²) in [5, 5.41) is 9.90. The first-order valence-corrected chi connectivity index (χ1v) is 4.72. The fourth-order valence-corrected chi connectivity index (χ4v) is 1.72. The average Bonchev–Trinajstić information content (AvgIpc) is 2.71. The summed E-state index contributed by atoms with van der Waals surface area (Å²) in [4.78, 5) is 0. The molecule has 1 aromatic carbocycles. The summed E-state index contributed by atoms with van der Waals surface area (Å²) in [6.07, 6.45) is 1.58. The van der Waals surface area contributed by atoms with Crippen LogP contribution in [0, 0.1) is 0 Å². The van der Waals surface area contributed by atoms with Gasteiger partial charge in [-0.2, -0.15) is 0 Å². The van der Waals surface area contributed by atoms with Gasteiger partial charge in [0.1, 0.15) is 6.10 Å². The first kappa shape index (κ1) is 8.73. The summed E-state index contributed by atoms with van der Waals surface area (Å²) in [6, 6.07) is 9.70. The van der Waals surface area contributed by atoms with E-state index in [1.54, 1.807) is 0 Å². The Morgan fingerprint density at radius 3 is 2.69 bits per heavy atom. The lowest BCUT2D eigenvalue weighted by Gasteiger charge is -2.17. The number of aliphatic hydroxyl groups excluding tert-OH is 1. The van der Waals surface area contributed by atoms with Crippen LogP contribution in [-0.2, 0) is 4.74 Å². The number of ether oxygens (including phenoxy) is 1. The van der Waals surface area contributed by atoms with Crippen LogP contribution in [0.25, 0.3) is 0 Å². The van der Waals surface area contributed by atoms with Gasteiger partial charge in [0.15, 0.2) is 0 Å². The summed E-state index contributed by atoms with van der Waals surface area (Å²) >= 11 is 0. The molecule has 2 nitrogen and oxygen atoms in total. The Balaban J connectivity index is 2.08. The zero-order valence-corrected chi connectivity index (χ0v) is 7.52. The van der Waals surface area contributed by atoms with Gasteiger partial charge >= 0.3 is 0 Å². The maximum Gasteiger partial charge on any atom is 0.105 e. The van der Waals surface area contributed by atoms with Crippen molar-refractivity contribution < 1.29 is 9.84 Å². The Bertz CT molecular complexity index is 252. The number of benzene rings is 1. The molecule has 0 amide bonds. The number of hydrogen-bond acceptors (Lipinski definition) is 2. The van der Waals surface area contributed by atoms with Crippen molar-refractivity contribution in [1.29, 1.82) is 0 Å². The summed E-state index contributed by atoms with van der Waals surface area (Å²) < 4.78 is 5.42. The van der Waals surface area contributed by atoms with Crippen molar-refractivity contribution in [3.63, 3.8) is 0 Å². The van der Waals surface area contributed by atoms with E-state index in [0.717, 1.165) is 25.0 Å². The summed E-state index contributed by atoms with van der Waals surface area (Å²) in [5.41, 5.74) is 0.953. The Morgan fingerprint density at radius 2 is 2.08 bits per heavy atom. The molecule has 1 aliphatic rings. The van der Waals surface area contributed by atoms with Crippen LogP contribution in [0.5, 0.6) is 0 Å². The molecular formula is C11H14O2. The van der Waals surface area contributed by atoms with Gasteiger partial charge in [0.25, 0.3) is 0 Å². The molecule has 2 rings (SSSR count). The molecule has 1 heterocycles. The minimum atomic E-state index is -0.455. The Morgan fingerprint density at radius 1 is 1.31 bits per heavy atom. The zero-order chi connectivity index (χ0) is 9.10. The van der Waals surface area contributed by atoms with Crippen LogP contribution in [0.15, 0.2) is 30.3 Å². The molecule has 0 saturated carbocycles. The Kier molecular flexibility index (Phi) is 2.62. The number of aliphatic hydroxyl groups is 1.